The maximum absolute atomic E-state index is 14.4. The number of carbonyl (C=O) groups is 1. The number of aromatic carboxylic acids is 1. The molecule has 0 unspecified atom stereocenters. The molecule has 1 aliphatic heterocycles. The average molecular weight is 503 g/mol. The second-order valence-electron chi connectivity index (χ2n) is 8.84. The van der Waals surface area contributed by atoms with Crippen LogP contribution in [0.5, 0.6) is 17.4 Å². The Kier molecular flexibility index (Phi) is 5.59. The predicted octanol–water partition coefficient (Wildman–Crippen LogP) is 4.79. The summed E-state index contributed by atoms with van der Waals surface area (Å²) >= 11 is 0. The Morgan fingerprint density at radius 3 is 2.68 bits per heavy atom. The van der Waals surface area contributed by atoms with Gasteiger partial charge in [0, 0.05) is 30.6 Å². The summed E-state index contributed by atoms with van der Waals surface area (Å²) in [6.45, 7) is 0.0784. The molecule has 0 bridgehead atoms. The smallest absolute Gasteiger partial charge is 0.338 e. The van der Waals surface area contributed by atoms with Crippen molar-refractivity contribution in [3.8, 4) is 39.6 Å². The topological polar surface area (TPSA) is 121 Å². The maximum atomic E-state index is 14.4. The molecule has 1 saturated carbocycles. The molecule has 2 aromatic carbocycles. The van der Waals surface area contributed by atoms with Gasteiger partial charge in [-0.15, -0.1) is 0 Å². The van der Waals surface area contributed by atoms with Gasteiger partial charge in [-0.2, -0.15) is 10.1 Å². The molecular formula is C26H22FN5O5. The van der Waals surface area contributed by atoms with Gasteiger partial charge in [-0.05, 0) is 49.1 Å². The third-order valence-corrected chi connectivity index (χ3v) is 6.38. The summed E-state index contributed by atoms with van der Waals surface area (Å²) in [5, 5.41) is 16.5. The van der Waals surface area contributed by atoms with Crippen molar-refractivity contribution in [2.24, 2.45) is 7.05 Å². The zero-order chi connectivity index (χ0) is 25.5. The molecule has 6 rings (SSSR count). The lowest BCUT2D eigenvalue weighted by Crippen LogP contribution is -2.25. The molecule has 11 heteroatoms. The summed E-state index contributed by atoms with van der Waals surface area (Å²) in [6, 6.07) is 7.63. The minimum Gasteiger partial charge on any atom is -0.478 e. The molecule has 0 radical (unpaired) electrons. The van der Waals surface area contributed by atoms with Crippen LogP contribution >= 0.6 is 0 Å². The number of aromatic nitrogens is 4. The number of hydrogen-bond donors (Lipinski definition) is 2. The summed E-state index contributed by atoms with van der Waals surface area (Å²) in [7, 11) is 1.84. The van der Waals surface area contributed by atoms with E-state index in [0.29, 0.717) is 28.3 Å². The van der Waals surface area contributed by atoms with E-state index in [9.17, 15) is 9.18 Å². The van der Waals surface area contributed by atoms with Gasteiger partial charge >= 0.3 is 5.97 Å². The first kappa shape index (κ1) is 22.8. The number of aryl methyl sites for hydroxylation is 1. The van der Waals surface area contributed by atoms with Crippen molar-refractivity contribution in [3.05, 3.63) is 60.3 Å². The molecule has 2 N–H and O–H groups in total. The van der Waals surface area contributed by atoms with Crippen LogP contribution in [0.1, 0.15) is 29.6 Å². The molecule has 0 spiro atoms. The first-order valence-electron chi connectivity index (χ1n) is 11.7. The van der Waals surface area contributed by atoms with Gasteiger partial charge in [0.05, 0.1) is 23.0 Å². The van der Waals surface area contributed by atoms with Crippen LogP contribution in [0, 0.1) is 5.82 Å². The number of rotatable bonds is 7. The van der Waals surface area contributed by atoms with Crippen LogP contribution in [-0.2, 0) is 7.05 Å². The molecule has 188 valence electrons. The SMILES string of the molecule is Cn1cc(-c2ccc(Nc3ncc(-c4ccc(C(=O)O)c(F)c4)c(OC4CCC4)n3)c3c2OCO3)cn1. The Balaban J connectivity index is 1.34. The van der Waals surface area contributed by atoms with E-state index in [-0.39, 0.29) is 24.7 Å². The molecule has 2 aromatic heterocycles. The quantitative estimate of drug-likeness (QED) is 0.367. The van der Waals surface area contributed by atoms with Crippen molar-refractivity contribution in [3.63, 3.8) is 0 Å². The molecule has 0 saturated heterocycles. The number of carboxylic acid groups (broad SMARTS) is 1. The molecule has 4 aromatic rings. The Labute approximate surface area is 210 Å². The molecule has 10 nitrogen and oxygen atoms in total. The van der Waals surface area contributed by atoms with Crippen molar-refractivity contribution >= 4 is 17.6 Å². The highest BCUT2D eigenvalue weighted by molar-refractivity contribution is 5.89. The number of halogens is 1. The lowest BCUT2D eigenvalue weighted by molar-refractivity contribution is 0.0692. The fourth-order valence-corrected chi connectivity index (χ4v) is 4.22. The largest absolute Gasteiger partial charge is 0.478 e. The Morgan fingerprint density at radius 2 is 1.97 bits per heavy atom. The van der Waals surface area contributed by atoms with Crippen LogP contribution in [0.25, 0.3) is 22.3 Å². The van der Waals surface area contributed by atoms with Crippen molar-refractivity contribution in [2.45, 2.75) is 25.4 Å². The lowest BCUT2D eigenvalue weighted by Gasteiger charge is -2.27. The second-order valence-corrected chi connectivity index (χ2v) is 8.84. The first-order valence-corrected chi connectivity index (χ1v) is 11.7. The van der Waals surface area contributed by atoms with Crippen LogP contribution in [0.4, 0.5) is 16.0 Å². The van der Waals surface area contributed by atoms with Gasteiger partial charge in [0.15, 0.2) is 11.5 Å². The second kappa shape index (κ2) is 9.08. The van der Waals surface area contributed by atoms with Gasteiger partial charge < -0.3 is 24.6 Å². The highest BCUT2D eigenvalue weighted by Gasteiger charge is 2.26. The fourth-order valence-electron chi connectivity index (χ4n) is 4.22. The van der Waals surface area contributed by atoms with E-state index in [0.717, 1.165) is 36.5 Å². The third kappa shape index (κ3) is 4.28. The average Bonchev–Trinajstić information content (AvgIpc) is 3.51. The van der Waals surface area contributed by atoms with Crippen molar-refractivity contribution < 1.29 is 28.5 Å². The number of nitrogens with one attached hydrogen (secondary N) is 1. The van der Waals surface area contributed by atoms with Gasteiger partial charge in [-0.1, -0.05) is 6.07 Å². The highest BCUT2D eigenvalue weighted by Crippen LogP contribution is 2.47. The number of hydrogen-bond acceptors (Lipinski definition) is 8. The monoisotopic (exact) mass is 503 g/mol. The minimum absolute atomic E-state index is 0.00406. The van der Waals surface area contributed by atoms with Gasteiger partial charge in [0.2, 0.25) is 18.6 Å². The summed E-state index contributed by atoms with van der Waals surface area (Å²) in [5.41, 5.74) is 2.83. The van der Waals surface area contributed by atoms with Crippen LogP contribution in [0.2, 0.25) is 0 Å². The zero-order valence-electron chi connectivity index (χ0n) is 19.8. The summed E-state index contributed by atoms with van der Waals surface area (Å²) < 4.78 is 33.7. The van der Waals surface area contributed by atoms with Gasteiger partial charge in [-0.25, -0.2) is 14.2 Å². The van der Waals surface area contributed by atoms with Crippen molar-refractivity contribution in [2.75, 3.05) is 12.1 Å². The molecule has 2 aliphatic rings. The van der Waals surface area contributed by atoms with Gasteiger partial charge in [-0.3, -0.25) is 4.68 Å². The van der Waals surface area contributed by atoms with E-state index in [1.807, 2.05) is 25.4 Å². The van der Waals surface area contributed by atoms with Crippen molar-refractivity contribution in [1.29, 1.82) is 0 Å². The Hall–Kier alpha value is -4.67. The number of nitrogens with zero attached hydrogens (tertiary/aromatic N) is 4. The maximum Gasteiger partial charge on any atom is 0.338 e. The van der Waals surface area contributed by atoms with E-state index in [1.54, 1.807) is 10.9 Å². The molecule has 1 aliphatic carbocycles. The van der Waals surface area contributed by atoms with E-state index in [1.165, 1.54) is 18.3 Å². The molecule has 37 heavy (non-hydrogen) atoms. The highest BCUT2D eigenvalue weighted by atomic mass is 19.1. The summed E-state index contributed by atoms with van der Waals surface area (Å²) in [4.78, 5) is 20.2. The molecule has 3 heterocycles. The molecule has 1 fully saturated rings. The normalized spacial score (nSPS) is 14.3. The number of benzene rings is 2. The summed E-state index contributed by atoms with van der Waals surface area (Å²) in [5.74, 6) is -0.517. The zero-order valence-corrected chi connectivity index (χ0v) is 19.8. The molecular weight excluding hydrogens is 481 g/mol. The van der Waals surface area contributed by atoms with Gasteiger partial charge in [0.25, 0.3) is 0 Å². The van der Waals surface area contributed by atoms with Crippen LogP contribution < -0.4 is 19.5 Å². The van der Waals surface area contributed by atoms with E-state index < -0.39 is 17.3 Å². The molecule has 0 atom stereocenters. The Morgan fingerprint density at radius 1 is 1.14 bits per heavy atom. The number of carboxylic acids is 1. The number of anilines is 2. The van der Waals surface area contributed by atoms with Crippen LogP contribution in [-0.4, -0.2) is 43.7 Å². The standard InChI is InChI=1S/C26H22FN5O5/c1-32-12-15(10-29-32)17-7-8-21(23-22(17)35-13-36-23)30-26-28-11-19(24(31-26)37-16-3-2-4-16)14-5-6-18(25(33)34)20(27)9-14/h5-12,16H,2-4,13H2,1H3,(H,33,34)(H,28,30,31). The van der Waals surface area contributed by atoms with E-state index >= 15 is 0 Å². The van der Waals surface area contributed by atoms with E-state index in [2.05, 4.69) is 20.4 Å². The fraction of sp³-hybridized carbons (Fsp3) is 0.231. The third-order valence-electron chi connectivity index (χ3n) is 6.38. The number of ether oxygens (including phenoxy) is 3. The van der Waals surface area contributed by atoms with Crippen LogP contribution in [0.3, 0.4) is 0 Å². The van der Waals surface area contributed by atoms with E-state index in [4.69, 9.17) is 19.3 Å². The van der Waals surface area contributed by atoms with Crippen LogP contribution in [0.15, 0.2) is 48.9 Å². The predicted molar refractivity (Wildman–Crippen MR) is 131 cm³/mol. The summed E-state index contributed by atoms with van der Waals surface area (Å²) in [6.07, 6.45) is 8.03. The van der Waals surface area contributed by atoms with Crippen molar-refractivity contribution in [1.82, 2.24) is 19.7 Å². The number of fused-ring (bicyclic) bond motifs is 1. The first-order chi connectivity index (χ1) is 18.0. The molecule has 0 amide bonds. The minimum atomic E-state index is -1.33. The lowest BCUT2D eigenvalue weighted by atomic mass is 9.96. The Bertz CT molecular complexity index is 1520. The van der Waals surface area contributed by atoms with Gasteiger partial charge in [0.1, 0.15) is 11.9 Å².